The minimum absolute atomic E-state index is 0.0394. The Bertz CT molecular complexity index is 865. The number of carbonyl (C=O) groups is 1. The Labute approximate surface area is 193 Å². The highest BCUT2D eigenvalue weighted by molar-refractivity contribution is 7.80. The van der Waals surface area contributed by atoms with Crippen LogP contribution in [0.1, 0.15) is 50.3 Å². The highest BCUT2D eigenvalue weighted by Gasteiger charge is 2.28. The monoisotopic (exact) mass is 440 g/mol. The fraction of sp³-hybridized carbons (Fsp3) is 0.462. The maximum absolute atomic E-state index is 12.9. The first-order chi connectivity index (χ1) is 14.7. The van der Waals surface area contributed by atoms with E-state index in [0.717, 1.165) is 43.7 Å². The van der Waals surface area contributed by atoms with Crippen LogP contribution in [-0.2, 0) is 11.2 Å². The van der Waals surface area contributed by atoms with Gasteiger partial charge < -0.3 is 15.0 Å². The molecule has 4 nitrogen and oxygen atoms in total. The van der Waals surface area contributed by atoms with Crippen LogP contribution in [0, 0.1) is 19.3 Å². The third-order valence-corrected chi connectivity index (χ3v) is 5.92. The van der Waals surface area contributed by atoms with Gasteiger partial charge in [0.05, 0.1) is 6.61 Å². The van der Waals surface area contributed by atoms with Crippen molar-refractivity contribution in [2.75, 3.05) is 19.7 Å². The van der Waals surface area contributed by atoms with E-state index in [4.69, 9.17) is 17.0 Å². The molecule has 0 radical (unpaired) electrons. The third kappa shape index (κ3) is 7.98. The number of thiocarbonyl (C=S) groups is 1. The lowest BCUT2D eigenvalue weighted by Gasteiger charge is -2.28. The Morgan fingerprint density at radius 2 is 1.84 bits per heavy atom. The maximum Gasteiger partial charge on any atom is 0.231 e. The maximum atomic E-state index is 12.9. The lowest BCUT2D eigenvalue weighted by atomic mass is 9.87. The van der Waals surface area contributed by atoms with Gasteiger partial charge in [0.15, 0.2) is 5.11 Å². The first-order valence-electron chi connectivity index (χ1n) is 11.1. The summed E-state index contributed by atoms with van der Waals surface area (Å²) >= 11 is 5.53. The molecule has 0 aromatic heterocycles. The summed E-state index contributed by atoms with van der Waals surface area (Å²) in [7, 11) is 0. The molecule has 2 rings (SSSR count). The fourth-order valence-corrected chi connectivity index (χ4v) is 3.64. The molecule has 2 aromatic carbocycles. The summed E-state index contributed by atoms with van der Waals surface area (Å²) in [6, 6.07) is 16.5. The second-order valence-electron chi connectivity index (χ2n) is 8.68. The minimum Gasteiger partial charge on any atom is -0.493 e. The zero-order valence-corrected chi connectivity index (χ0v) is 20.3. The molecular weight excluding hydrogens is 404 g/mol. The van der Waals surface area contributed by atoms with E-state index in [1.807, 2.05) is 43.9 Å². The van der Waals surface area contributed by atoms with Crippen molar-refractivity contribution in [2.45, 2.75) is 53.9 Å². The van der Waals surface area contributed by atoms with Gasteiger partial charge in [0.1, 0.15) is 5.75 Å². The highest BCUT2D eigenvalue weighted by atomic mass is 32.1. The Hall–Kier alpha value is -2.40. The van der Waals surface area contributed by atoms with E-state index in [9.17, 15) is 4.79 Å². The number of ether oxygens (including phenoxy) is 1. The van der Waals surface area contributed by atoms with Gasteiger partial charge >= 0.3 is 0 Å². The number of rotatable bonds is 10. The topological polar surface area (TPSA) is 41.6 Å². The van der Waals surface area contributed by atoms with Crippen LogP contribution >= 0.6 is 12.2 Å². The third-order valence-electron chi connectivity index (χ3n) is 5.56. The first kappa shape index (κ1) is 24.9. The molecule has 1 N–H and O–H groups in total. The van der Waals surface area contributed by atoms with E-state index in [2.05, 4.69) is 49.5 Å². The van der Waals surface area contributed by atoms with Crippen molar-refractivity contribution in [3.8, 4) is 5.75 Å². The molecule has 0 aliphatic rings. The molecule has 0 unspecified atom stereocenters. The van der Waals surface area contributed by atoms with Gasteiger partial charge in [0.25, 0.3) is 0 Å². The van der Waals surface area contributed by atoms with Crippen LogP contribution < -0.4 is 10.1 Å². The van der Waals surface area contributed by atoms with Gasteiger partial charge in [-0.1, -0.05) is 56.3 Å². The number of likely N-dealkylation sites (N-methyl/N-ethyl adjacent to an activating group) is 1. The molecule has 0 heterocycles. The molecule has 0 saturated carbocycles. The van der Waals surface area contributed by atoms with E-state index in [-0.39, 0.29) is 5.91 Å². The number of nitrogens with one attached hydrogen (secondary N) is 1. The summed E-state index contributed by atoms with van der Waals surface area (Å²) in [4.78, 5) is 14.9. The predicted molar refractivity (Wildman–Crippen MR) is 133 cm³/mol. The van der Waals surface area contributed by atoms with E-state index >= 15 is 0 Å². The van der Waals surface area contributed by atoms with Gasteiger partial charge in [-0.25, -0.2) is 0 Å². The number of nitrogens with zero attached hydrogens (tertiary/aromatic N) is 1. The molecule has 168 valence electrons. The number of hydrogen-bond donors (Lipinski definition) is 1. The second-order valence-corrected chi connectivity index (χ2v) is 9.07. The Kier molecular flexibility index (Phi) is 9.50. The van der Waals surface area contributed by atoms with Crippen LogP contribution in [-0.4, -0.2) is 35.6 Å². The zero-order valence-electron chi connectivity index (χ0n) is 19.5. The Morgan fingerprint density at radius 1 is 1.13 bits per heavy atom. The van der Waals surface area contributed by atoms with Crippen LogP contribution in [0.25, 0.3) is 0 Å². The molecule has 5 heteroatoms. The number of carbonyl (C=O) groups excluding carboxylic acids is 1. The van der Waals surface area contributed by atoms with Crippen molar-refractivity contribution in [1.29, 1.82) is 0 Å². The number of aryl methyl sites for hydroxylation is 2. The van der Waals surface area contributed by atoms with Crippen molar-refractivity contribution in [2.24, 2.45) is 5.41 Å². The van der Waals surface area contributed by atoms with E-state index in [0.29, 0.717) is 11.7 Å². The normalized spacial score (nSPS) is 11.1. The van der Waals surface area contributed by atoms with Gasteiger partial charge in [-0.15, -0.1) is 0 Å². The van der Waals surface area contributed by atoms with Crippen LogP contribution in [0.15, 0.2) is 48.5 Å². The lowest BCUT2D eigenvalue weighted by molar-refractivity contribution is -0.128. The molecule has 0 fully saturated rings. The van der Waals surface area contributed by atoms with Crippen LogP contribution in [0.5, 0.6) is 5.75 Å². The van der Waals surface area contributed by atoms with Gasteiger partial charge in [0, 0.05) is 18.5 Å². The number of amides is 1. The van der Waals surface area contributed by atoms with Crippen molar-refractivity contribution in [1.82, 2.24) is 10.2 Å². The molecule has 0 aliphatic carbocycles. The van der Waals surface area contributed by atoms with E-state index in [1.54, 1.807) is 0 Å². The average Bonchev–Trinajstić information content (AvgIpc) is 2.74. The molecule has 0 spiro atoms. The molecule has 0 saturated heterocycles. The molecule has 0 bridgehead atoms. The molecule has 31 heavy (non-hydrogen) atoms. The van der Waals surface area contributed by atoms with Crippen LogP contribution in [0.2, 0.25) is 0 Å². The van der Waals surface area contributed by atoms with Gasteiger partial charge in [-0.05, 0) is 75.0 Å². The van der Waals surface area contributed by atoms with Crippen molar-refractivity contribution in [3.63, 3.8) is 0 Å². The van der Waals surface area contributed by atoms with Gasteiger partial charge in [-0.2, -0.15) is 0 Å². The highest BCUT2D eigenvalue weighted by Crippen LogP contribution is 2.24. The van der Waals surface area contributed by atoms with Crippen molar-refractivity contribution in [3.05, 3.63) is 65.2 Å². The zero-order chi connectivity index (χ0) is 22.9. The molecule has 0 atom stereocenters. The SMILES string of the molecule is CCN(CCc1ccccc1)C(=S)NC(=O)C(C)(C)CCCOc1cc(C)ccc1C. The van der Waals surface area contributed by atoms with Crippen molar-refractivity contribution < 1.29 is 9.53 Å². The summed E-state index contributed by atoms with van der Waals surface area (Å²) in [5.41, 5.74) is 3.05. The fourth-order valence-electron chi connectivity index (χ4n) is 3.33. The predicted octanol–water partition coefficient (Wildman–Crippen LogP) is 5.45. The van der Waals surface area contributed by atoms with Crippen LogP contribution in [0.4, 0.5) is 0 Å². The smallest absolute Gasteiger partial charge is 0.231 e. The lowest BCUT2D eigenvalue weighted by Crippen LogP contribution is -2.47. The van der Waals surface area contributed by atoms with E-state index in [1.165, 1.54) is 11.1 Å². The molecular formula is C26H36N2O2S. The quantitative estimate of drug-likeness (QED) is 0.394. The second kappa shape index (κ2) is 11.8. The van der Waals surface area contributed by atoms with Gasteiger partial charge in [-0.3, -0.25) is 4.79 Å². The average molecular weight is 441 g/mol. The number of hydrogen-bond acceptors (Lipinski definition) is 3. The minimum atomic E-state index is -0.520. The van der Waals surface area contributed by atoms with Crippen LogP contribution in [0.3, 0.4) is 0 Å². The molecule has 1 amide bonds. The number of benzene rings is 2. The standard InChI is InChI=1S/C26H36N2O2S/c1-6-28(17-15-22-11-8-7-9-12-22)25(31)27-24(29)26(4,5)16-10-18-30-23-19-20(2)13-14-21(23)3/h7-9,11-14,19H,6,10,15-18H2,1-5H3,(H,27,29,31). The first-order valence-corrected chi connectivity index (χ1v) is 11.5. The Balaban J connectivity index is 1.80. The summed E-state index contributed by atoms with van der Waals surface area (Å²) in [5, 5.41) is 3.46. The summed E-state index contributed by atoms with van der Waals surface area (Å²) in [6.45, 7) is 12.2. The molecule has 2 aromatic rings. The van der Waals surface area contributed by atoms with E-state index < -0.39 is 5.41 Å². The summed E-state index contributed by atoms with van der Waals surface area (Å²) in [6.07, 6.45) is 2.41. The van der Waals surface area contributed by atoms with Crippen molar-refractivity contribution >= 4 is 23.2 Å². The Morgan fingerprint density at radius 3 is 2.52 bits per heavy atom. The summed E-state index contributed by atoms with van der Waals surface area (Å²) < 4.78 is 5.94. The molecule has 0 aliphatic heterocycles. The van der Waals surface area contributed by atoms with Gasteiger partial charge in [0.2, 0.25) is 5.91 Å². The largest absolute Gasteiger partial charge is 0.493 e. The summed E-state index contributed by atoms with van der Waals surface area (Å²) in [5.74, 6) is 0.878.